The van der Waals surface area contributed by atoms with Crippen molar-refractivity contribution in [3.8, 4) is 5.75 Å². The van der Waals surface area contributed by atoms with Gasteiger partial charge in [-0.25, -0.2) is 8.42 Å². The Bertz CT molecular complexity index is 1250. The van der Waals surface area contributed by atoms with E-state index in [1.807, 2.05) is 18.7 Å². The van der Waals surface area contributed by atoms with Gasteiger partial charge in [0.1, 0.15) is 17.6 Å². The van der Waals surface area contributed by atoms with E-state index in [-0.39, 0.29) is 22.6 Å². The third-order valence-electron chi connectivity index (χ3n) is 7.21. The first-order valence-electron chi connectivity index (χ1n) is 12.3. The Kier molecular flexibility index (Phi) is 6.55. The summed E-state index contributed by atoms with van der Waals surface area (Å²) in [6, 6.07) is 12.5. The van der Waals surface area contributed by atoms with E-state index in [0.29, 0.717) is 18.7 Å². The Balaban J connectivity index is 1.27. The number of amides is 1. The van der Waals surface area contributed by atoms with Gasteiger partial charge in [0.2, 0.25) is 5.91 Å². The molecule has 0 radical (unpaired) electrons. The van der Waals surface area contributed by atoms with Crippen LogP contribution in [0.4, 0.5) is 0 Å². The Morgan fingerprint density at radius 3 is 2.69 bits per heavy atom. The zero-order valence-corrected chi connectivity index (χ0v) is 21.1. The fourth-order valence-electron chi connectivity index (χ4n) is 4.93. The number of nitrogens with one attached hydrogen (secondary N) is 1. The van der Waals surface area contributed by atoms with Crippen LogP contribution in [0.2, 0.25) is 0 Å². The fourth-order valence-corrected chi connectivity index (χ4v) is 6.17. The molecule has 1 amide bonds. The number of rotatable bonds is 6. The van der Waals surface area contributed by atoms with E-state index in [2.05, 4.69) is 32.8 Å². The molecule has 1 saturated heterocycles. The third kappa shape index (κ3) is 4.79. The molecule has 2 aromatic carbocycles. The van der Waals surface area contributed by atoms with Crippen LogP contribution in [0, 0.1) is 5.92 Å². The van der Waals surface area contributed by atoms with Crippen LogP contribution in [0.15, 0.2) is 52.4 Å². The third-order valence-corrected chi connectivity index (χ3v) is 8.61. The van der Waals surface area contributed by atoms with Crippen LogP contribution in [-0.4, -0.2) is 68.8 Å². The molecule has 0 aliphatic carbocycles. The second-order valence-electron chi connectivity index (χ2n) is 9.55. The van der Waals surface area contributed by atoms with E-state index in [4.69, 9.17) is 4.74 Å². The average molecular weight is 497 g/mol. The van der Waals surface area contributed by atoms with Gasteiger partial charge in [-0.3, -0.25) is 19.4 Å². The molecule has 1 N–H and O–H groups in total. The molecular formula is C26H32N4O4S. The largest absolute Gasteiger partial charge is 0.493 e. The van der Waals surface area contributed by atoms with Crippen molar-refractivity contribution in [1.82, 2.24) is 14.5 Å². The van der Waals surface area contributed by atoms with E-state index in [0.717, 1.165) is 44.8 Å². The minimum Gasteiger partial charge on any atom is -0.493 e. The lowest BCUT2D eigenvalue weighted by Crippen LogP contribution is -2.52. The first-order valence-corrected chi connectivity index (χ1v) is 13.8. The number of fused-ring (bicyclic) bond motifs is 2. The maximum Gasteiger partial charge on any atom is 0.263 e. The van der Waals surface area contributed by atoms with Crippen molar-refractivity contribution in [2.75, 3.05) is 32.8 Å². The number of carbonyl (C=O) groups excluding carboxylic acids is 1. The second kappa shape index (κ2) is 9.62. The van der Waals surface area contributed by atoms with E-state index in [9.17, 15) is 13.2 Å². The molecule has 9 heteroatoms. The standard InChI is InChI=1S/C26H32N4O4S/c1-3-18(2)24(27-25-21-6-4-5-7-23(21)35(32,33)28-25)26(31)30-13-11-29(12-14-30)17-19-8-9-22-20(16-19)10-15-34-22/h4-9,16,18,24H,3,10-15,17H2,1-2H3,(H,27,28)/t18-,24+/m0/s1. The van der Waals surface area contributed by atoms with E-state index in [1.165, 1.54) is 11.1 Å². The normalized spacial score (nSPS) is 21.7. The van der Waals surface area contributed by atoms with Gasteiger partial charge in [0.15, 0.2) is 0 Å². The molecule has 35 heavy (non-hydrogen) atoms. The Morgan fingerprint density at radius 1 is 1.14 bits per heavy atom. The van der Waals surface area contributed by atoms with Crippen LogP contribution in [-0.2, 0) is 27.8 Å². The molecule has 3 aliphatic heterocycles. The van der Waals surface area contributed by atoms with Crippen molar-refractivity contribution >= 4 is 21.8 Å². The molecule has 8 nitrogen and oxygen atoms in total. The molecule has 3 heterocycles. The highest BCUT2D eigenvalue weighted by Crippen LogP contribution is 2.27. The topological polar surface area (TPSA) is 91.3 Å². The van der Waals surface area contributed by atoms with Gasteiger partial charge in [0.05, 0.1) is 11.5 Å². The number of aliphatic imine (C=N–C) groups is 1. The summed E-state index contributed by atoms with van der Waals surface area (Å²) in [5, 5.41) is 0. The predicted molar refractivity (Wildman–Crippen MR) is 134 cm³/mol. The molecule has 0 saturated carbocycles. The lowest BCUT2D eigenvalue weighted by Gasteiger charge is -2.36. The van der Waals surface area contributed by atoms with Gasteiger partial charge in [-0.15, -0.1) is 0 Å². The molecule has 0 bridgehead atoms. The molecular weight excluding hydrogens is 464 g/mol. The highest BCUT2D eigenvalue weighted by atomic mass is 32.2. The lowest BCUT2D eigenvalue weighted by molar-refractivity contribution is -0.135. The van der Waals surface area contributed by atoms with Crippen molar-refractivity contribution in [3.63, 3.8) is 0 Å². The number of benzene rings is 2. The molecule has 0 spiro atoms. The Morgan fingerprint density at radius 2 is 1.91 bits per heavy atom. The zero-order valence-electron chi connectivity index (χ0n) is 20.2. The number of sulfonamides is 1. The van der Waals surface area contributed by atoms with Gasteiger partial charge in [0.25, 0.3) is 10.0 Å². The molecule has 0 aromatic heterocycles. The summed E-state index contributed by atoms with van der Waals surface area (Å²) in [6.07, 6.45) is 1.73. The number of piperazine rings is 1. The second-order valence-corrected chi connectivity index (χ2v) is 11.2. The van der Waals surface area contributed by atoms with Crippen LogP contribution in [0.5, 0.6) is 5.75 Å². The highest BCUT2D eigenvalue weighted by molar-refractivity contribution is 7.90. The van der Waals surface area contributed by atoms with Gasteiger partial charge in [0, 0.05) is 44.7 Å². The van der Waals surface area contributed by atoms with Crippen molar-refractivity contribution in [3.05, 3.63) is 59.2 Å². The van der Waals surface area contributed by atoms with Gasteiger partial charge in [-0.1, -0.05) is 44.5 Å². The van der Waals surface area contributed by atoms with Crippen LogP contribution in [0.1, 0.15) is 37.0 Å². The summed E-state index contributed by atoms with van der Waals surface area (Å²) in [7, 11) is -3.64. The molecule has 186 valence electrons. The molecule has 1 fully saturated rings. The molecule has 5 rings (SSSR count). The number of ether oxygens (including phenoxy) is 1. The summed E-state index contributed by atoms with van der Waals surface area (Å²) in [6.45, 7) is 8.48. The van der Waals surface area contributed by atoms with Crippen LogP contribution in [0.3, 0.4) is 0 Å². The quantitative estimate of drug-likeness (QED) is 0.663. The van der Waals surface area contributed by atoms with Gasteiger partial charge < -0.3 is 9.64 Å². The Labute approximate surface area is 207 Å². The molecule has 2 atom stereocenters. The number of amidine groups is 1. The van der Waals surface area contributed by atoms with Crippen LogP contribution < -0.4 is 9.46 Å². The maximum atomic E-state index is 13.6. The van der Waals surface area contributed by atoms with Gasteiger partial charge in [-0.2, -0.15) is 0 Å². The molecule has 3 aliphatic rings. The average Bonchev–Trinajstić information content (AvgIpc) is 3.43. The van der Waals surface area contributed by atoms with Crippen LogP contribution >= 0.6 is 0 Å². The zero-order chi connectivity index (χ0) is 24.6. The summed E-state index contributed by atoms with van der Waals surface area (Å²) >= 11 is 0. The van der Waals surface area contributed by atoms with Crippen LogP contribution in [0.25, 0.3) is 0 Å². The van der Waals surface area contributed by atoms with E-state index in [1.54, 1.807) is 24.3 Å². The summed E-state index contributed by atoms with van der Waals surface area (Å²) in [5.41, 5.74) is 3.07. The fraction of sp³-hybridized carbons (Fsp3) is 0.462. The van der Waals surface area contributed by atoms with Crippen molar-refractivity contribution in [2.24, 2.45) is 10.9 Å². The van der Waals surface area contributed by atoms with E-state index < -0.39 is 16.1 Å². The molecule has 0 unspecified atom stereocenters. The predicted octanol–water partition coefficient (Wildman–Crippen LogP) is 2.42. The summed E-state index contributed by atoms with van der Waals surface area (Å²) in [4.78, 5) is 22.7. The Hall–Kier alpha value is -2.91. The minimum atomic E-state index is -3.64. The summed E-state index contributed by atoms with van der Waals surface area (Å²) < 4.78 is 33.2. The first-order chi connectivity index (χ1) is 16.9. The maximum absolute atomic E-state index is 13.6. The van der Waals surface area contributed by atoms with E-state index >= 15 is 0 Å². The number of hydrogen-bond acceptors (Lipinski definition) is 6. The van der Waals surface area contributed by atoms with Crippen molar-refractivity contribution in [2.45, 2.75) is 44.2 Å². The number of hydrogen-bond donors (Lipinski definition) is 1. The smallest absolute Gasteiger partial charge is 0.263 e. The van der Waals surface area contributed by atoms with Crippen molar-refractivity contribution in [1.29, 1.82) is 0 Å². The van der Waals surface area contributed by atoms with Crippen molar-refractivity contribution < 1.29 is 17.9 Å². The van der Waals surface area contributed by atoms with Gasteiger partial charge in [-0.05, 0) is 35.2 Å². The summed E-state index contributed by atoms with van der Waals surface area (Å²) in [5.74, 6) is 1.20. The number of nitrogens with zero attached hydrogens (tertiary/aromatic N) is 3. The number of carbonyl (C=O) groups is 1. The molecule has 2 aromatic rings. The lowest BCUT2D eigenvalue weighted by atomic mass is 9.97. The van der Waals surface area contributed by atoms with Gasteiger partial charge >= 0.3 is 0 Å². The SMILES string of the molecule is CC[C@H](C)[C@@H](N=C1NS(=O)(=O)c2ccccc21)C(=O)N1CCN(Cc2ccc3c(c2)CCO3)CC1. The minimum absolute atomic E-state index is 0.0149. The first kappa shape index (κ1) is 23.8. The monoisotopic (exact) mass is 496 g/mol. The highest BCUT2D eigenvalue weighted by Gasteiger charge is 2.35.